The number of anilines is 2. The highest BCUT2D eigenvalue weighted by atomic mass is 16.3. The monoisotopic (exact) mass is 513 g/mol. The Balaban J connectivity index is 1.62. The van der Waals surface area contributed by atoms with Crippen molar-refractivity contribution in [2.75, 3.05) is 17.2 Å². The van der Waals surface area contributed by atoms with Gasteiger partial charge in [-0.05, 0) is 26.2 Å². The van der Waals surface area contributed by atoms with Crippen LogP contribution in [0.3, 0.4) is 0 Å². The zero-order chi connectivity index (χ0) is 26.5. The third-order valence-corrected chi connectivity index (χ3v) is 7.14. The number of carbonyl (C=O) groups excluding carboxylic acids is 1. The lowest BCUT2D eigenvalue weighted by atomic mass is 10.2. The van der Waals surface area contributed by atoms with Gasteiger partial charge in [0.05, 0.1) is 30.4 Å². The zero-order valence-electron chi connectivity index (χ0n) is 22.1. The van der Waals surface area contributed by atoms with Crippen molar-refractivity contribution in [2.24, 2.45) is 0 Å². The fourth-order valence-electron chi connectivity index (χ4n) is 4.77. The van der Waals surface area contributed by atoms with Crippen LogP contribution >= 0.6 is 0 Å². The first-order valence-corrected chi connectivity index (χ1v) is 13.3. The molecule has 4 atom stereocenters. The molecule has 5 N–H and O–H groups in total. The van der Waals surface area contributed by atoms with Crippen LogP contribution in [0.2, 0.25) is 0 Å². The van der Waals surface area contributed by atoms with Crippen molar-refractivity contribution >= 4 is 28.8 Å². The van der Waals surface area contributed by atoms with Crippen molar-refractivity contribution in [1.29, 1.82) is 0 Å². The molecule has 1 aliphatic rings. The van der Waals surface area contributed by atoms with E-state index in [0.717, 1.165) is 31.5 Å². The van der Waals surface area contributed by atoms with Crippen LogP contribution in [0.4, 0.5) is 11.8 Å². The summed E-state index contributed by atoms with van der Waals surface area (Å²) >= 11 is 0. The number of rotatable bonds is 12. The zero-order valence-corrected chi connectivity index (χ0v) is 22.1. The minimum atomic E-state index is -1.08. The first kappa shape index (κ1) is 26.8. The van der Waals surface area contributed by atoms with Gasteiger partial charge < -0.3 is 35.3 Å². The summed E-state index contributed by atoms with van der Waals surface area (Å²) in [6.07, 6.45) is 6.57. The fourth-order valence-corrected chi connectivity index (χ4v) is 4.77. The number of aliphatic hydroxyl groups excluding tert-OH is 2. The summed E-state index contributed by atoms with van der Waals surface area (Å²) in [6, 6.07) is -0.819. The Labute approximate surface area is 216 Å². The predicted molar refractivity (Wildman–Crippen MR) is 141 cm³/mol. The van der Waals surface area contributed by atoms with Gasteiger partial charge in [-0.3, -0.25) is 4.79 Å². The van der Waals surface area contributed by atoms with Gasteiger partial charge in [0.15, 0.2) is 17.0 Å². The number of nitrogens with zero attached hydrogens (tertiary/aromatic N) is 6. The Morgan fingerprint density at radius 3 is 2.57 bits per heavy atom. The third kappa shape index (κ3) is 5.85. The highest BCUT2D eigenvalue weighted by Gasteiger charge is 2.43. The average Bonchev–Trinajstić information content (AvgIpc) is 3.61. The van der Waals surface area contributed by atoms with Gasteiger partial charge in [-0.2, -0.15) is 9.97 Å². The molecule has 12 nitrogen and oxygen atoms in total. The second-order valence-electron chi connectivity index (χ2n) is 9.56. The van der Waals surface area contributed by atoms with E-state index in [4.69, 9.17) is 9.97 Å². The second-order valence-corrected chi connectivity index (χ2v) is 9.56. The molecule has 0 radical (unpaired) electrons. The van der Waals surface area contributed by atoms with Crippen molar-refractivity contribution in [3.8, 4) is 0 Å². The molecule has 4 rings (SSSR count). The number of aromatic nitrogens is 6. The van der Waals surface area contributed by atoms with Gasteiger partial charge in [-0.15, -0.1) is 0 Å². The molecule has 1 amide bonds. The van der Waals surface area contributed by atoms with Crippen molar-refractivity contribution in [2.45, 2.75) is 96.7 Å². The van der Waals surface area contributed by atoms with Gasteiger partial charge in [0.1, 0.15) is 12.2 Å². The third-order valence-electron chi connectivity index (χ3n) is 7.14. The molecule has 0 spiro atoms. The molecule has 37 heavy (non-hydrogen) atoms. The molecule has 202 valence electrons. The van der Waals surface area contributed by atoms with Crippen LogP contribution in [0.1, 0.15) is 65.1 Å². The summed E-state index contributed by atoms with van der Waals surface area (Å²) in [6.45, 7) is 9.54. The molecule has 0 saturated heterocycles. The first-order chi connectivity index (χ1) is 17.9. The van der Waals surface area contributed by atoms with E-state index < -0.39 is 24.3 Å². The number of nitrogens with one attached hydrogen (secondary N) is 3. The molecular formula is C25H39N9O3. The smallest absolute Gasteiger partial charge is 0.226 e. The van der Waals surface area contributed by atoms with E-state index in [1.165, 1.54) is 0 Å². The van der Waals surface area contributed by atoms with Crippen LogP contribution in [-0.4, -0.2) is 76.0 Å². The predicted octanol–water partition coefficient (Wildman–Crippen LogP) is 1.86. The topological polar surface area (TPSA) is 155 Å². The van der Waals surface area contributed by atoms with Gasteiger partial charge in [0.2, 0.25) is 11.9 Å². The van der Waals surface area contributed by atoms with Crippen molar-refractivity contribution in [1.82, 2.24) is 34.4 Å². The van der Waals surface area contributed by atoms with E-state index in [-0.39, 0.29) is 11.9 Å². The lowest BCUT2D eigenvalue weighted by molar-refractivity contribution is -0.122. The minimum absolute atomic E-state index is 0.165. The largest absolute Gasteiger partial charge is 0.388 e. The maximum atomic E-state index is 11.9. The number of aliphatic hydroxyl groups is 2. The van der Waals surface area contributed by atoms with E-state index >= 15 is 0 Å². The van der Waals surface area contributed by atoms with Gasteiger partial charge >= 0.3 is 0 Å². The van der Waals surface area contributed by atoms with Crippen LogP contribution in [0.25, 0.3) is 11.2 Å². The van der Waals surface area contributed by atoms with Gasteiger partial charge in [0.25, 0.3) is 0 Å². The molecule has 0 aliphatic heterocycles. The number of aryl methyl sites for hydroxylation is 1. The number of hydrogen-bond acceptors (Lipinski definition) is 9. The molecular weight excluding hydrogens is 474 g/mol. The van der Waals surface area contributed by atoms with E-state index in [1.54, 1.807) is 17.8 Å². The summed E-state index contributed by atoms with van der Waals surface area (Å²) < 4.78 is 3.82. The molecule has 0 aromatic carbocycles. The fraction of sp³-hybridized carbons (Fsp3) is 0.640. The molecule has 0 unspecified atom stereocenters. The maximum Gasteiger partial charge on any atom is 0.226 e. The van der Waals surface area contributed by atoms with Gasteiger partial charge in [0, 0.05) is 38.2 Å². The van der Waals surface area contributed by atoms with Crippen molar-refractivity contribution in [3.63, 3.8) is 0 Å². The molecule has 3 aromatic heterocycles. The lowest BCUT2D eigenvalue weighted by Gasteiger charge is -2.19. The Morgan fingerprint density at radius 1 is 1.11 bits per heavy atom. The van der Waals surface area contributed by atoms with Crippen molar-refractivity contribution in [3.05, 3.63) is 24.5 Å². The quantitative estimate of drug-likeness (QED) is 0.244. The molecule has 1 aliphatic carbocycles. The van der Waals surface area contributed by atoms with Gasteiger partial charge in [-0.1, -0.05) is 20.8 Å². The Morgan fingerprint density at radius 2 is 1.89 bits per heavy atom. The second kappa shape index (κ2) is 11.9. The summed E-state index contributed by atoms with van der Waals surface area (Å²) in [5.74, 6) is 0.905. The molecule has 1 saturated carbocycles. The maximum absolute atomic E-state index is 11.9. The summed E-state index contributed by atoms with van der Waals surface area (Å²) in [5, 5.41) is 31.1. The molecule has 3 heterocycles. The Bertz CT molecular complexity index is 1190. The number of fused-ring (bicyclic) bond motifs is 1. The number of hydrogen-bond donors (Lipinski definition) is 5. The molecule has 12 heteroatoms. The SMILES string of the molecule is CCC(=O)N[C@H]1C[C@@H](n2cnc3c(NC(CC)CC)nc(NCCc4cn(CC)cn4)nc32)[C@H](O)[C@@H]1O. The van der Waals surface area contributed by atoms with E-state index in [9.17, 15) is 15.0 Å². The van der Waals surface area contributed by atoms with Crippen LogP contribution in [0.5, 0.6) is 0 Å². The van der Waals surface area contributed by atoms with Gasteiger partial charge in [-0.25, -0.2) is 9.97 Å². The number of amides is 1. The number of imidazole rings is 2. The van der Waals surface area contributed by atoms with Crippen LogP contribution in [-0.2, 0) is 17.8 Å². The van der Waals surface area contributed by atoms with Crippen LogP contribution < -0.4 is 16.0 Å². The first-order valence-electron chi connectivity index (χ1n) is 13.3. The normalized spacial score (nSPS) is 21.6. The van der Waals surface area contributed by atoms with Crippen molar-refractivity contribution < 1.29 is 15.0 Å². The summed E-state index contributed by atoms with van der Waals surface area (Å²) in [5.41, 5.74) is 2.14. The van der Waals surface area contributed by atoms with E-state index in [1.807, 2.05) is 17.1 Å². The number of carbonyl (C=O) groups is 1. The highest BCUT2D eigenvalue weighted by Crippen LogP contribution is 2.34. The summed E-state index contributed by atoms with van der Waals surface area (Å²) in [7, 11) is 0. The molecule has 1 fully saturated rings. The molecule has 3 aromatic rings. The lowest BCUT2D eigenvalue weighted by Crippen LogP contribution is -2.42. The van der Waals surface area contributed by atoms with E-state index in [0.29, 0.717) is 42.3 Å². The minimum Gasteiger partial charge on any atom is -0.388 e. The average molecular weight is 514 g/mol. The van der Waals surface area contributed by atoms with Crippen LogP contribution in [0, 0.1) is 0 Å². The Hall–Kier alpha value is -3.25. The van der Waals surface area contributed by atoms with E-state index in [2.05, 4.69) is 46.7 Å². The Kier molecular flexibility index (Phi) is 8.59. The standard InChI is InChI=1S/C25H39N9O3/c1-5-15(6-2)29-23-20-24(32-25(31-23)26-10-9-16-12-33(8-4)13-27-16)34(14-28-20)18-11-17(21(36)22(18)37)30-19(35)7-3/h12-15,17-18,21-22,36-37H,5-11H2,1-4H3,(H,30,35)(H2,26,29,31,32)/t17-,18+,21+,22-/m0/s1. The highest BCUT2D eigenvalue weighted by molar-refractivity contribution is 5.84. The van der Waals surface area contributed by atoms with Crippen LogP contribution in [0.15, 0.2) is 18.9 Å². The summed E-state index contributed by atoms with van der Waals surface area (Å²) in [4.78, 5) is 30.4. The molecule has 0 bridgehead atoms.